The summed E-state index contributed by atoms with van der Waals surface area (Å²) in [6.45, 7) is 3.49. The molecular weight excluding hydrogens is 388 g/mol. The fraction of sp³-hybridized carbons (Fsp3) is 0.409. The highest BCUT2D eigenvalue weighted by molar-refractivity contribution is 7.12. The number of nitrogens with one attached hydrogen (secondary N) is 1. The second-order valence-electron chi connectivity index (χ2n) is 7.75. The van der Waals surface area contributed by atoms with Crippen molar-refractivity contribution in [2.45, 2.75) is 38.2 Å². The number of carbonyl (C=O) groups excluding carboxylic acids is 3. The van der Waals surface area contributed by atoms with Crippen LogP contribution >= 0.6 is 11.3 Å². The molecule has 0 aliphatic carbocycles. The molecule has 0 saturated carbocycles. The summed E-state index contributed by atoms with van der Waals surface area (Å²) in [7, 11) is 0. The first-order valence-electron chi connectivity index (χ1n) is 9.88. The van der Waals surface area contributed by atoms with Gasteiger partial charge in [0.15, 0.2) is 5.78 Å². The van der Waals surface area contributed by atoms with Gasteiger partial charge in [-0.25, -0.2) is 0 Å². The van der Waals surface area contributed by atoms with E-state index in [1.54, 1.807) is 11.0 Å². The molecule has 2 aromatic rings. The molecule has 152 valence electrons. The third kappa shape index (κ3) is 4.19. The summed E-state index contributed by atoms with van der Waals surface area (Å²) in [5.41, 5.74) is 1.07. The van der Waals surface area contributed by atoms with Gasteiger partial charge >= 0.3 is 0 Å². The topological polar surface area (TPSA) is 75.7 Å². The monoisotopic (exact) mass is 412 g/mol. The summed E-state index contributed by atoms with van der Waals surface area (Å²) in [4.78, 5) is 39.6. The van der Waals surface area contributed by atoms with E-state index in [1.807, 2.05) is 36.6 Å². The number of rotatable bonds is 4. The number of piperidine rings is 1. The number of ketones is 1. The van der Waals surface area contributed by atoms with Crippen molar-refractivity contribution in [3.8, 4) is 5.75 Å². The van der Waals surface area contributed by atoms with Crippen LogP contribution in [-0.2, 0) is 4.79 Å². The molecule has 29 heavy (non-hydrogen) atoms. The lowest BCUT2D eigenvalue weighted by Gasteiger charge is -2.41. The number of nitrogens with zero attached hydrogens (tertiary/aromatic N) is 1. The number of thiophene rings is 1. The number of hydrogen-bond acceptors (Lipinski definition) is 5. The van der Waals surface area contributed by atoms with Crippen LogP contribution in [0.15, 0.2) is 35.7 Å². The van der Waals surface area contributed by atoms with Crippen LogP contribution in [0.1, 0.15) is 51.3 Å². The standard InChI is InChI=1S/C22H24N2O4S/c1-15-4-6-18-16(13-15)21(27)23-14-22(28-18)8-10-24(11-9-22)20(26)7-5-17(25)19-3-2-12-29-19/h2-4,6,12-13H,5,7-11,14H2,1H3,(H,23,27). The van der Waals surface area contributed by atoms with Crippen LogP contribution in [0.2, 0.25) is 0 Å². The zero-order chi connectivity index (χ0) is 20.4. The average Bonchev–Trinajstić information content (AvgIpc) is 3.23. The minimum Gasteiger partial charge on any atom is -0.484 e. The summed E-state index contributed by atoms with van der Waals surface area (Å²) in [5, 5.41) is 4.84. The molecule has 0 bridgehead atoms. The third-order valence-electron chi connectivity index (χ3n) is 5.67. The average molecular weight is 413 g/mol. The van der Waals surface area contributed by atoms with E-state index in [2.05, 4.69) is 5.32 Å². The van der Waals surface area contributed by atoms with Crippen LogP contribution in [0.5, 0.6) is 5.75 Å². The molecule has 3 heterocycles. The van der Waals surface area contributed by atoms with Gasteiger partial charge in [0.25, 0.3) is 5.91 Å². The van der Waals surface area contributed by atoms with Crippen molar-refractivity contribution in [3.63, 3.8) is 0 Å². The second-order valence-corrected chi connectivity index (χ2v) is 8.70. The van der Waals surface area contributed by atoms with Gasteiger partial charge in [0.1, 0.15) is 11.4 Å². The third-order valence-corrected chi connectivity index (χ3v) is 6.58. The zero-order valence-corrected chi connectivity index (χ0v) is 17.2. The van der Waals surface area contributed by atoms with Gasteiger partial charge in [-0.3, -0.25) is 14.4 Å². The summed E-state index contributed by atoms with van der Waals surface area (Å²) < 4.78 is 6.31. The van der Waals surface area contributed by atoms with E-state index in [1.165, 1.54) is 11.3 Å². The Bertz CT molecular complexity index is 930. The van der Waals surface area contributed by atoms with Crippen molar-refractivity contribution in [1.29, 1.82) is 0 Å². The lowest BCUT2D eigenvalue weighted by molar-refractivity contribution is -0.134. The fourth-order valence-electron chi connectivity index (χ4n) is 3.90. The van der Waals surface area contributed by atoms with Gasteiger partial charge in [-0.05, 0) is 30.5 Å². The number of hydrogen-bond donors (Lipinski definition) is 1. The Hall–Kier alpha value is -2.67. The highest BCUT2D eigenvalue weighted by Crippen LogP contribution is 2.33. The molecule has 0 unspecified atom stereocenters. The second kappa shape index (κ2) is 7.99. The maximum absolute atomic E-state index is 12.6. The Kier molecular flexibility index (Phi) is 5.41. The van der Waals surface area contributed by atoms with E-state index in [0.29, 0.717) is 48.7 Å². The van der Waals surface area contributed by atoms with Gasteiger partial charge < -0.3 is 15.0 Å². The van der Waals surface area contributed by atoms with Crippen LogP contribution < -0.4 is 10.1 Å². The number of aryl methyl sites for hydroxylation is 1. The SMILES string of the molecule is Cc1ccc2c(c1)C(=O)NCC1(CCN(C(=O)CCC(=O)c3cccs3)CC1)O2. The first kappa shape index (κ1) is 19.6. The van der Waals surface area contributed by atoms with Gasteiger partial charge in [-0.15, -0.1) is 11.3 Å². The summed E-state index contributed by atoms with van der Waals surface area (Å²) in [6.07, 6.45) is 1.75. The Morgan fingerprint density at radius 2 is 2.00 bits per heavy atom. The van der Waals surface area contributed by atoms with Crippen LogP contribution in [0.25, 0.3) is 0 Å². The zero-order valence-electron chi connectivity index (χ0n) is 16.4. The van der Waals surface area contributed by atoms with Crippen LogP contribution in [0, 0.1) is 6.92 Å². The normalized spacial score (nSPS) is 17.8. The quantitative estimate of drug-likeness (QED) is 0.783. The van der Waals surface area contributed by atoms with Crippen LogP contribution in [0.4, 0.5) is 0 Å². The molecule has 2 aliphatic rings. The van der Waals surface area contributed by atoms with E-state index in [0.717, 1.165) is 5.56 Å². The molecule has 1 aromatic carbocycles. The van der Waals surface area contributed by atoms with Gasteiger partial charge in [0.2, 0.25) is 5.91 Å². The molecule has 1 aromatic heterocycles. The van der Waals surface area contributed by atoms with Gasteiger partial charge in [-0.2, -0.15) is 0 Å². The molecular formula is C22H24N2O4S. The Labute approximate surface area is 173 Å². The molecule has 4 rings (SSSR count). The summed E-state index contributed by atoms with van der Waals surface area (Å²) in [6, 6.07) is 9.26. The van der Waals surface area contributed by atoms with E-state index in [-0.39, 0.29) is 30.4 Å². The molecule has 1 saturated heterocycles. The summed E-state index contributed by atoms with van der Waals surface area (Å²) in [5.74, 6) is 0.500. The molecule has 1 N–H and O–H groups in total. The number of ether oxygens (including phenoxy) is 1. The molecule has 0 radical (unpaired) electrons. The number of amides is 2. The number of likely N-dealkylation sites (tertiary alicyclic amines) is 1. The van der Waals surface area contributed by atoms with Crippen molar-refractivity contribution < 1.29 is 19.1 Å². The van der Waals surface area contributed by atoms with Crippen molar-refractivity contribution in [2.24, 2.45) is 0 Å². The smallest absolute Gasteiger partial charge is 0.255 e. The van der Waals surface area contributed by atoms with Crippen LogP contribution in [0.3, 0.4) is 0 Å². The molecule has 1 spiro atoms. The highest BCUT2D eigenvalue weighted by atomic mass is 32.1. The Morgan fingerprint density at radius 3 is 2.72 bits per heavy atom. The lowest BCUT2D eigenvalue weighted by atomic mass is 9.90. The predicted molar refractivity (Wildman–Crippen MR) is 111 cm³/mol. The Balaban J connectivity index is 1.36. The fourth-order valence-corrected chi connectivity index (χ4v) is 4.59. The lowest BCUT2D eigenvalue weighted by Crippen LogP contribution is -2.54. The number of Topliss-reactive ketones (excluding diaryl/α,β-unsaturated/α-hetero) is 1. The van der Waals surface area contributed by atoms with E-state index >= 15 is 0 Å². The first-order chi connectivity index (χ1) is 14.0. The molecule has 7 heteroatoms. The minimum atomic E-state index is -0.500. The maximum Gasteiger partial charge on any atom is 0.255 e. The largest absolute Gasteiger partial charge is 0.484 e. The van der Waals surface area contributed by atoms with Crippen molar-refractivity contribution in [2.75, 3.05) is 19.6 Å². The predicted octanol–water partition coefficient (Wildman–Crippen LogP) is 3.20. The molecule has 1 fully saturated rings. The van der Waals surface area contributed by atoms with Gasteiger partial charge in [0.05, 0.1) is 17.0 Å². The van der Waals surface area contributed by atoms with E-state index in [4.69, 9.17) is 4.74 Å². The van der Waals surface area contributed by atoms with Crippen molar-refractivity contribution in [3.05, 3.63) is 51.7 Å². The Morgan fingerprint density at radius 1 is 1.21 bits per heavy atom. The van der Waals surface area contributed by atoms with Crippen LogP contribution in [-0.4, -0.2) is 47.7 Å². The maximum atomic E-state index is 12.6. The minimum absolute atomic E-state index is 0.00145. The number of carbonyl (C=O) groups is 3. The number of benzene rings is 1. The highest BCUT2D eigenvalue weighted by Gasteiger charge is 2.40. The van der Waals surface area contributed by atoms with Crippen molar-refractivity contribution >= 4 is 28.9 Å². The number of fused-ring (bicyclic) bond motifs is 1. The first-order valence-corrected chi connectivity index (χ1v) is 10.8. The van der Waals surface area contributed by atoms with E-state index < -0.39 is 5.60 Å². The molecule has 6 nitrogen and oxygen atoms in total. The molecule has 2 amide bonds. The summed E-state index contributed by atoms with van der Waals surface area (Å²) >= 11 is 1.40. The molecule has 2 aliphatic heterocycles. The molecule has 0 atom stereocenters. The van der Waals surface area contributed by atoms with E-state index in [9.17, 15) is 14.4 Å². The van der Waals surface area contributed by atoms with Gasteiger partial charge in [0, 0.05) is 38.8 Å². The van der Waals surface area contributed by atoms with Crippen molar-refractivity contribution in [1.82, 2.24) is 10.2 Å². The van der Waals surface area contributed by atoms with Gasteiger partial charge in [-0.1, -0.05) is 17.7 Å².